The molecule has 6 nitrogen and oxygen atoms in total. The number of aromatic nitrogens is 3. The van der Waals surface area contributed by atoms with Crippen molar-refractivity contribution in [3.05, 3.63) is 40.8 Å². The Morgan fingerprint density at radius 2 is 2.04 bits per heavy atom. The summed E-state index contributed by atoms with van der Waals surface area (Å²) in [6.07, 6.45) is 2.56. The second-order valence-electron chi connectivity index (χ2n) is 5.69. The van der Waals surface area contributed by atoms with Crippen LogP contribution in [-0.2, 0) is 11.8 Å². The van der Waals surface area contributed by atoms with Crippen LogP contribution < -0.4 is 10.9 Å². The Labute approximate surface area is 133 Å². The van der Waals surface area contributed by atoms with Crippen LogP contribution in [-0.4, -0.2) is 26.8 Å². The molecular weight excluding hydrogens is 292 g/mol. The number of hydrogen-bond donors (Lipinski definition) is 1. The first-order valence-electron chi connectivity index (χ1n) is 7.79. The number of carbonyl (C=O) groups excluding carboxylic acids is 1. The molecule has 0 aliphatic rings. The molecule has 0 fully saturated rings. The van der Waals surface area contributed by atoms with Crippen LogP contribution in [0, 0.1) is 0 Å². The number of para-hydroxylation sites is 1. The molecule has 120 valence electrons. The number of carbonyl (C=O) groups is 1. The van der Waals surface area contributed by atoms with Gasteiger partial charge in [-0.3, -0.25) is 9.59 Å². The van der Waals surface area contributed by atoms with E-state index in [1.165, 1.54) is 4.68 Å². The SMILES string of the molecule is CCCNC(=O)C(C)n1c2ccccc2c2cnn(C)c(=O)c21. The molecule has 0 saturated heterocycles. The summed E-state index contributed by atoms with van der Waals surface area (Å²) in [5.74, 6) is -0.0895. The first-order chi connectivity index (χ1) is 11.1. The number of amides is 1. The molecule has 1 N–H and O–H groups in total. The fraction of sp³-hybridized carbons (Fsp3) is 0.353. The minimum atomic E-state index is -0.473. The van der Waals surface area contributed by atoms with E-state index in [0.717, 1.165) is 22.7 Å². The lowest BCUT2D eigenvalue weighted by Crippen LogP contribution is -2.32. The number of aryl methyl sites for hydroxylation is 1. The maximum absolute atomic E-state index is 12.6. The van der Waals surface area contributed by atoms with Crippen molar-refractivity contribution in [2.24, 2.45) is 7.05 Å². The molecule has 1 atom stereocenters. The van der Waals surface area contributed by atoms with Gasteiger partial charge in [-0.15, -0.1) is 0 Å². The third-order valence-electron chi connectivity index (χ3n) is 4.12. The Hall–Kier alpha value is -2.63. The van der Waals surface area contributed by atoms with E-state index in [1.807, 2.05) is 42.7 Å². The maximum atomic E-state index is 12.6. The third kappa shape index (κ3) is 2.40. The lowest BCUT2D eigenvalue weighted by atomic mass is 10.2. The highest BCUT2D eigenvalue weighted by Gasteiger charge is 2.22. The number of nitrogens with zero attached hydrogens (tertiary/aromatic N) is 3. The third-order valence-corrected chi connectivity index (χ3v) is 4.12. The van der Waals surface area contributed by atoms with Crippen molar-refractivity contribution in [2.75, 3.05) is 6.54 Å². The summed E-state index contributed by atoms with van der Waals surface area (Å²) in [5.41, 5.74) is 1.18. The van der Waals surface area contributed by atoms with Gasteiger partial charge in [0.05, 0.1) is 11.7 Å². The van der Waals surface area contributed by atoms with Crippen LogP contribution in [0.5, 0.6) is 0 Å². The van der Waals surface area contributed by atoms with Gasteiger partial charge >= 0.3 is 0 Å². The molecule has 0 radical (unpaired) electrons. The van der Waals surface area contributed by atoms with Crippen LogP contribution >= 0.6 is 0 Å². The molecule has 0 aliphatic carbocycles. The molecule has 23 heavy (non-hydrogen) atoms. The first-order valence-corrected chi connectivity index (χ1v) is 7.79. The summed E-state index contributed by atoms with van der Waals surface area (Å²) in [5, 5.41) is 8.72. The van der Waals surface area contributed by atoms with Crippen molar-refractivity contribution >= 4 is 27.7 Å². The maximum Gasteiger partial charge on any atom is 0.291 e. The van der Waals surface area contributed by atoms with Gasteiger partial charge < -0.3 is 9.88 Å². The van der Waals surface area contributed by atoms with Gasteiger partial charge in [-0.05, 0) is 19.4 Å². The standard InChI is InChI=1S/C17H20N4O2/c1-4-9-18-16(22)11(2)21-14-8-6-5-7-12(14)13-10-19-20(3)17(23)15(13)21/h5-8,10-11H,4,9H2,1-3H3,(H,18,22). The Kier molecular flexibility index (Phi) is 3.90. The zero-order chi connectivity index (χ0) is 16.6. The van der Waals surface area contributed by atoms with Gasteiger partial charge in [0.25, 0.3) is 5.56 Å². The van der Waals surface area contributed by atoms with Crippen LogP contribution in [0.25, 0.3) is 21.8 Å². The molecule has 3 rings (SSSR count). The Bertz CT molecular complexity index is 939. The smallest absolute Gasteiger partial charge is 0.291 e. The Morgan fingerprint density at radius 3 is 2.78 bits per heavy atom. The van der Waals surface area contributed by atoms with E-state index in [1.54, 1.807) is 13.2 Å². The second kappa shape index (κ2) is 5.87. The van der Waals surface area contributed by atoms with Gasteiger partial charge in [-0.25, -0.2) is 4.68 Å². The summed E-state index contributed by atoms with van der Waals surface area (Å²) in [6.45, 7) is 4.45. The molecule has 2 heterocycles. The molecule has 6 heteroatoms. The molecule has 0 bridgehead atoms. The highest BCUT2D eigenvalue weighted by atomic mass is 16.2. The van der Waals surface area contributed by atoms with Crippen LogP contribution in [0.3, 0.4) is 0 Å². The minimum Gasteiger partial charge on any atom is -0.354 e. The highest BCUT2D eigenvalue weighted by molar-refractivity contribution is 6.08. The Balaban J connectivity index is 2.30. The molecule has 1 unspecified atom stereocenters. The van der Waals surface area contributed by atoms with E-state index in [9.17, 15) is 9.59 Å². The molecule has 0 aliphatic heterocycles. The van der Waals surface area contributed by atoms with E-state index in [4.69, 9.17) is 0 Å². The average Bonchev–Trinajstić information content (AvgIpc) is 2.90. The van der Waals surface area contributed by atoms with Crippen molar-refractivity contribution in [1.29, 1.82) is 0 Å². The zero-order valence-electron chi connectivity index (χ0n) is 13.5. The number of rotatable bonds is 4. The molecule has 1 amide bonds. The van der Waals surface area contributed by atoms with Crippen LogP contribution in [0.1, 0.15) is 26.3 Å². The van der Waals surface area contributed by atoms with Crippen LogP contribution in [0.4, 0.5) is 0 Å². The van der Waals surface area contributed by atoms with Crippen molar-refractivity contribution in [1.82, 2.24) is 19.7 Å². The second-order valence-corrected chi connectivity index (χ2v) is 5.69. The van der Waals surface area contributed by atoms with Gasteiger partial charge in [0.1, 0.15) is 11.6 Å². The lowest BCUT2D eigenvalue weighted by molar-refractivity contribution is -0.123. The fourth-order valence-electron chi connectivity index (χ4n) is 2.90. The Morgan fingerprint density at radius 1 is 1.30 bits per heavy atom. The fourth-order valence-corrected chi connectivity index (χ4v) is 2.90. The molecular formula is C17H20N4O2. The summed E-state index contributed by atoms with van der Waals surface area (Å²) < 4.78 is 3.12. The van der Waals surface area contributed by atoms with Gasteiger partial charge in [0, 0.05) is 24.4 Å². The summed E-state index contributed by atoms with van der Waals surface area (Å²) >= 11 is 0. The molecule has 1 aromatic carbocycles. The van der Waals surface area contributed by atoms with E-state index < -0.39 is 6.04 Å². The average molecular weight is 312 g/mol. The topological polar surface area (TPSA) is 68.9 Å². The van der Waals surface area contributed by atoms with Crippen molar-refractivity contribution in [3.8, 4) is 0 Å². The minimum absolute atomic E-state index is 0.0895. The molecule has 0 saturated carbocycles. The van der Waals surface area contributed by atoms with E-state index in [2.05, 4.69) is 10.4 Å². The van der Waals surface area contributed by atoms with Crippen molar-refractivity contribution in [2.45, 2.75) is 26.3 Å². The number of fused-ring (bicyclic) bond motifs is 3. The molecule has 3 aromatic rings. The number of benzene rings is 1. The predicted molar refractivity (Wildman–Crippen MR) is 90.5 cm³/mol. The largest absolute Gasteiger partial charge is 0.354 e. The van der Waals surface area contributed by atoms with Gasteiger partial charge in [-0.1, -0.05) is 25.1 Å². The van der Waals surface area contributed by atoms with Gasteiger partial charge in [-0.2, -0.15) is 5.10 Å². The van der Waals surface area contributed by atoms with E-state index in [-0.39, 0.29) is 11.5 Å². The van der Waals surface area contributed by atoms with Gasteiger partial charge in [0.2, 0.25) is 5.91 Å². The molecule has 2 aromatic heterocycles. The highest BCUT2D eigenvalue weighted by Crippen LogP contribution is 2.29. The summed E-state index contributed by atoms with van der Waals surface area (Å²) in [4.78, 5) is 25.0. The number of nitrogens with one attached hydrogen (secondary N) is 1. The quantitative estimate of drug-likeness (QED) is 0.801. The van der Waals surface area contributed by atoms with E-state index >= 15 is 0 Å². The first kappa shape index (κ1) is 15.3. The normalized spacial score (nSPS) is 12.7. The monoisotopic (exact) mass is 312 g/mol. The molecule has 0 spiro atoms. The predicted octanol–water partition coefficient (Wildman–Crippen LogP) is 1.98. The lowest BCUT2D eigenvalue weighted by Gasteiger charge is -2.16. The van der Waals surface area contributed by atoms with Crippen LogP contribution in [0.2, 0.25) is 0 Å². The van der Waals surface area contributed by atoms with Crippen molar-refractivity contribution < 1.29 is 4.79 Å². The van der Waals surface area contributed by atoms with E-state index in [0.29, 0.717) is 12.1 Å². The zero-order valence-corrected chi connectivity index (χ0v) is 13.5. The van der Waals surface area contributed by atoms with Crippen LogP contribution in [0.15, 0.2) is 35.3 Å². The number of hydrogen-bond acceptors (Lipinski definition) is 3. The summed E-state index contributed by atoms with van der Waals surface area (Å²) in [7, 11) is 1.62. The summed E-state index contributed by atoms with van der Waals surface area (Å²) in [6, 6.07) is 7.24. The van der Waals surface area contributed by atoms with Gasteiger partial charge in [0.15, 0.2) is 0 Å². The van der Waals surface area contributed by atoms with Crippen molar-refractivity contribution in [3.63, 3.8) is 0 Å².